The Hall–Kier alpha value is -2.73. The number of aromatic nitrogens is 2. The van der Waals surface area contributed by atoms with Crippen molar-refractivity contribution in [2.24, 2.45) is 0 Å². The summed E-state index contributed by atoms with van der Waals surface area (Å²) in [4.78, 5) is 20.1. The molecule has 2 aromatic carbocycles. The normalized spacial score (nSPS) is 10.5. The Balaban J connectivity index is 1.85. The number of benzene rings is 2. The molecule has 0 unspecified atom stereocenters. The van der Waals surface area contributed by atoms with Crippen LogP contribution in [0.1, 0.15) is 10.4 Å². The number of anilines is 1. The molecule has 3 aromatic rings. The summed E-state index contributed by atoms with van der Waals surface area (Å²) >= 11 is 5.85. The molecule has 0 atom stereocenters. The average molecular weight is 317 g/mol. The van der Waals surface area contributed by atoms with Gasteiger partial charge >= 0.3 is 0 Å². The number of rotatable bonds is 3. The number of carbonyl (C=O) groups excluding carboxylic acids is 1. The lowest BCUT2D eigenvalue weighted by Crippen LogP contribution is -2.30. The Bertz CT molecular complexity index is 856. The summed E-state index contributed by atoms with van der Waals surface area (Å²) in [7, 11) is 0. The summed E-state index contributed by atoms with van der Waals surface area (Å²) in [6, 6.07) is 12.9. The van der Waals surface area contributed by atoms with Crippen molar-refractivity contribution < 1.29 is 9.18 Å². The van der Waals surface area contributed by atoms with Crippen molar-refractivity contribution >= 4 is 34.2 Å². The maximum Gasteiger partial charge on any atom is 0.272 e. The van der Waals surface area contributed by atoms with Gasteiger partial charge in [-0.3, -0.25) is 15.6 Å². The molecule has 2 N–H and O–H groups in total. The highest BCUT2D eigenvalue weighted by molar-refractivity contribution is 6.28. The quantitative estimate of drug-likeness (QED) is 0.575. The highest BCUT2D eigenvalue weighted by Crippen LogP contribution is 2.21. The third-order valence-corrected chi connectivity index (χ3v) is 3.16. The van der Waals surface area contributed by atoms with Gasteiger partial charge in [0.2, 0.25) is 5.28 Å². The average Bonchev–Trinajstić information content (AvgIpc) is 2.52. The predicted octanol–water partition coefficient (Wildman–Crippen LogP) is 3.18. The first-order chi connectivity index (χ1) is 10.6. The van der Waals surface area contributed by atoms with Crippen molar-refractivity contribution in [2.45, 2.75) is 0 Å². The van der Waals surface area contributed by atoms with Crippen molar-refractivity contribution in [1.82, 2.24) is 15.4 Å². The highest BCUT2D eigenvalue weighted by atomic mass is 35.5. The second kappa shape index (κ2) is 5.95. The van der Waals surface area contributed by atoms with Gasteiger partial charge in [-0.15, -0.1) is 0 Å². The number of halogens is 2. The Morgan fingerprint density at radius 2 is 1.77 bits per heavy atom. The van der Waals surface area contributed by atoms with Crippen LogP contribution in [0.3, 0.4) is 0 Å². The number of amides is 1. The summed E-state index contributed by atoms with van der Waals surface area (Å²) in [5.74, 6) is -0.885. The van der Waals surface area contributed by atoms with E-state index in [0.717, 1.165) is 0 Å². The fourth-order valence-electron chi connectivity index (χ4n) is 1.97. The van der Waals surface area contributed by atoms with Crippen LogP contribution in [0.2, 0.25) is 5.28 Å². The van der Waals surface area contributed by atoms with E-state index in [2.05, 4.69) is 20.8 Å². The van der Waals surface area contributed by atoms with Gasteiger partial charge in [-0.25, -0.2) is 9.37 Å². The molecule has 1 amide bonds. The van der Waals surface area contributed by atoms with E-state index < -0.39 is 11.7 Å². The fraction of sp³-hybridized carbons (Fsp3) is 0. The van der Waals surface area contributed by atoms with Gasteiger partial charge in [0.05, 0.1) is 11.1 Å². The van der Waals surface area contributed by atoms with E-state index in [9.17, 15) is 9.18 Å². The molecule has 110 valence electrons. The number of hydrogen-bond donors (Lipinski definition) is 2. The third-order valence-electron chi connectivity index (χ3n) is 2.99. The molecule has 0 saturated heterocycles. The van der Waals surface area contributed by atoms with Crippen LogP contribution in [-0.2, 0) is 0 Å². The van der Waals surface area contributed by atoms with Gasteiger partial charge in [0.25, 0.3) is 5.91 Å². The van der Waals surface area contributed by atoms with Crippen LogP contribution < -0.4 is 10.9 Å². The molecule has 7 heteroatoms. The molecule has 0 bridgehead atoms. The Morgan fingerprint density at radius 1 is 1.05 bits per heavy atom. The predicted molar refractivity (Wildman–Crippen MR) is 82.0 cm³/mol. The zero-order chi connectivity index (χ0) is 15.5. The standard InChI is InChI=1S/C15H10ClFN4O/c16-15-18-12-8-4-2-6-10(12)13(19-15)20-21-14(22)9-5-1-3-7-11(9)17/h1-8H,(H,21,22)(H,18,19,20). The SMILES string of the molecule is O=C(NNc1nc(Cl)nc2ccccc12)c1ccccc1F. The molecule has 0 aliphatic heterocycles. The van der Waals surface area contributed by atoms with Crippen LogP contribution in [0.15, 0.2) is 48.5 Å². The van der Waals surface area contributed by atoms with E-state index >= 15 is 0 Å². The van der Waals surface area contributed by atoms with E-state index in [1.165, 1.54) is 18.2 Å². The minimum Gasteiger partial charge on any atom is -0.281 e. The molecular weight excluding hydrogens is 307 g/mol. The number of hydrazine groups is 1. The second-order valence-corrected chi connectivity index (χ2v) is 4.76. The summed E-state index contributed by atoms with van der Waals surface area (Å²) in [6.07, 6.45) is 0. The van der Waals surface area contributed by atoms with Crippen LogP contribution in [0.25, 0.3) is 10.9 Å². The van der Waals surface area contributed by atoms with Crippen LogP contribution in [0.5, 0.6) is 0 Å². The van der Waals surface area contributed by atoms with Crippen LogP contribution >= 0.6 is 11.6 Å². The van der Waals surface area contributed by atoms with Gasteiger partial charge in [-0.2, -0.15) is 4.98 Å². The first-order valence-corrected chi connectivity index (χ1v) is 6.76. The fourth-order valence-corrected chi connectivity index (χ4v) is 2.15. The maximum atomic E-state index is 13.5. The lowest BCUT2D eigenvalue weighted by molar-refractivity contribution is 0.0958. The largest absolute Gasteiger partial charge is 0.281 e. The van der Waals surface area contributed by atoms with Crippen LogP contribution in [0.4, 0.5) is 10.2 Å². The number of nitrogens with zero attached hydrogens (tertiary/aromatic N) is 2. The summed E-state index contributed by atoms with van der Waals surface area (Å²) in [6.45, 7) is 0. The van der Waals surface area contributed by atoms with Crippen molar-refractivity contribution in [3.8, 4) is 0 Å². The molecule has 0 aliphatic rings. The van der Waals surface area contributed by atoms with Gasteiger partial charge in [0.15, 0.2) is 5.82 Å². The molecule has 5 nitrogen and oxygen atoms in total. The Morgan fingerprint density at radius 3 is 2.59 bits per heavy atom. The molecule has 0 saturated carbocycles. The molecule has 0 spiro atoms. The van der Waals surface area contributed by atoms with Gasteiger partial charge in [0.1, 0.15) is 5.82 Å². The molecule has 1 heterocycles. The van der Waals surface area contributed by atoms with E-state index in [4.69, 9.17) is 11.6 Å². The van der Waals surface area contributed by atoms with Crippen molar-refractivity contribution in [3.05, 3.63) is 65.2 Å². The molecule has 0 aliphatic carbocycles. The molecule has 0 radical (unpaired) electrons. The Kier molecular flexibility index (Phi) is 3.84. The van der Waals surface area contributed by atoms with Crippen LogP contribution in [0, 0.1) is 5.82 Å². The van der Waals surface area contributed by atoms with E-state index in [-0.39, 0.29) is 10.8 Å². The second-order valence-electron chi connectivity index (χ2n) is 4.42. The molecule has 0 fully saturated rings. The van der Waals surface area contributed by atoms with Gasteiger partial charge in [0, 0.05) is 5.39 Å². The van der Waals surface area contributed by atoms with Crippen molar-refractivity contribution in [3.63, 3.8) is 0 Å². The van der Waals surface area contributed by atoms with Crippen molar-refractivity contribution in [1.29, 1.82) is 0 Å². The number of para-hydroxylation sites is 1. The summed E-state index contributed by atoms with van der Waals surface area (Å²) in [5.41, 5.74) is 5.61. The first kappa shape index (κ1) is 14.2. The van der Waals surface area contributed by atoms with Crippen molar-refractivity contribution in [2.75, 3.05) is 5.43 Å². The molecule has 1 aromatic heterocycles. The third kappa shape index (κ3) is 2.82. The maximum absolute atomic E-state index is 13.5. The number of carbonyl (C=O) groups is 1. The first-order valence-electron chi connectivity index (χ1n) is 6.38. The number of hydrogen-bond acceptors (Lipinski definition) is 4. The lowest BCUT2D eigenvalue weighted by Gasteiger charge is -2.10. The monoisotopic (exact) mass is 316 g/mol. The van der Waals surface area contributed by atoms with Gasteiger partial charge in [-0.05, 0) is 35.9 Å². The summed E-state index contributed by atoms with van der Waals surface area (Å²) in [5, 5.41) is 0.724. The highest BCUT2D eigenvalue weighted by Gasteiger charge is 2.12. The zero-order valence-electron chi connectivity index (χ0n) is 11.2. The van der Waals surface area contributed by atoms with Gasteiger partial charge < -0.3 is 0 Å². The topological polar surface area (TPSA) is 66.9 Å². The minimum absolute atomic E-state index is 0.0429. The van der Waals surface area contributed by atoms with E-state index in [0.29, 0.717) is 16.7 Å². The van der Waals surface area contributed by atoms with E-state index in [1.807, 2.05) is 12.1 Å². The lowest BCUT2D eigenvalue weighted by atomic mass is 10.2. The smallest absolute Gasteiger partial charge is 0.272 e. The zero-order valence-corrected chi connectivity index (χ0v) is 11.9. The van der Waals surface area contributed by atoms with Gasteiger partial charge in [-0.1, -0.05) is 24.3 Å². The number of nitrogens with one attached hydrogen (secondary N) is 2. The molecule has 22 heavy (non-hydrogen) atoms. The minimum atomic E-state index is -0.614. The van der Waals surface area contributed by atoms with Crippen LogP contribution in [-0.4, -0.2) is 15.9 Å². The summed E-state index contributed by atoms with van der Waals surface area (Å²) < 4.78 is 13.5. The Labute approximate surface area is 130 Å². The number of fused-ring (bicyclic) bond motifs is 1. The van der Waals surface area contributed by atoms with E-state index in [1.54, 1.807) is 18.2 Å². The molecule has 3 rings (SSSR count). The molecular formula is C15H10ClFN4O.